The van der Waals surface area contributed by atoms with Crippen LogP contribution >= 0.6 is 23.2 Å². The van der Waals surface area contributed by atoms with Crippen LogP contribution in [0.15, 0.2) is 47.7 Å². The molecule has 0 atom stereocenters. The monoisotopic (exact) mass is 413 g/mol. The Kier molecular flexibility index (Phi) is 4.50. The van der Waals surface area contributed by atoms with Crippen molar-refractivity contribution in [1.29, 1.82) is 0 Å². The molecule has 4 rings (SSSR count). The second-order valence-corrected chi connectivity index (χ2v) is 7.92. The van der Waals surface area contributed by atoms with Gasteiger partial charge in [-0.15, -0.1) is 0 Å². The molecule has 3 heterocycles. The van der Waals surface area contributed by atoms with E-state index >= 15 is 0 Å². The molecule has 6 nitrogen and oxygen atoms in total. The van der Waals surface area contributed by atoms with E-state index in [2.05, 4.69) is 20.3 Å². The molecular weight excluding hydrogens is 397 g/mol. The van der Waals surface area contributed by atoms with Crippen LogP contribution in [0.25, 0.3) is 21.7 Å². The third-order valence-corrected chi connectivity index (χ3v) is 5.14. The lowest BCUT2D eigenvalue weighted by Gasteiger charge is -2.21. The van der Waals surface area contributed by atoms with Gasteiger partial charge in [-0.05, 0) is 43.7 Å². The van der Waals surface area contributed by atoms with E-state index in [1.165, 1.54) is 0 Å². The topological polar surface area (TPSA) is 96.7 Å². The summed E-state index contributed by atoms with van der Waals surface area (Å²) in [4.78, 5) is 23.9. The van der Waals surface area contributed by atoms with E-state index in [-0.39, 0.29) is 5.56 Å². The van der Waals surface area contributed by atoms with Gasteiger partial charge in [0.05, 0.1) is 26.6 Å². The number of H-pyrrole nitrogens is 1. The number of aromatic amines is 1. The molecule has 0 saturated carbocycles. The molecule has 0 unspecified atom stereocenters. The number of nitrogens with two attached hydrogens (primary N) is 1. The molecule has 8 heteroatoms. The van der Waals surface area contributed by atoms with Gasteiger partial charge in [-0.1, -0.05) is 23.2 Å². The number of pyridine rings is 3. The van der Waals surface area contributed by atoms with Gasteiger partial charge in [-0.25, -0.2) is 4.98 Å². The van der Waals surface area contributed by atoms with Crippen molar-refractivity contribution < 1.29 is 0 Å². The Hall–Kier alpha value is -2.67. The number of hydrogen-bond donors (Lipinski definition) is 3. The Balaban J connectivity index is 1.94. The summed E-state index contributed by atoms with van der Waals surface area (Å²) in [6.45, 7) is 3.75. The van der Waals surface area contributed by atoms with Crippen LogP contribution in [-0.4, -0.2) is 15.0 Å². The van der Waals surface area contributed by atoms with Crippen molar-refractivity contribution in [2.75, 3.05) is 5.32 Å². The van der Waals surface area contributed by atoms with Crippen LogP contribution in [0.1, 0.15) is 19.4 Å². The zero-order valence-corrected chi connectivity index (χ0v) is 16.7. The van der Waals surface area contributed by atoms with Crippen LogP contribution in [0.4, 0.5) is 11.5 Å². The predicted molar refractivity (Wildman–Crippen MR) is 115 cm³/mol. The van der Waals surface area contributed by atoms with Crippen LogP contribution in [0, 0.1) is 0 Å². The van der Waals surface area contributed by atoms with E-state index in [1.807, 2.05) is 13.8 Å². The number of anilines is 2. The van der Waals surface area contributed by atoms with Gasteiger partial charge >= 0.3 is 0 Å². The summed E-state index contributed by atoms with van der Waals surface area (Å²) in [5.41, 5.74) is 7.29. The minimum absolute atomic E-state index is 0.224. The Morgan fingerprint density at radius 1 is 1.14 bits per heavy atom. The summed E-state index contributed by atoms with van der Waals surface area (Å²) in [7, 11) is 0. The smallest absolute Gasteiger partial charge is 0.256 e. The Bertz CT molecular complexity index is 1250. The van der Waals surface area contributed by atoms with E-state index in [4.69, 9.17) is 28.9 Å². The minimum Gasteiger partial charge on any atom is -0.337 e. The molecule has 0 fully saturated rings. The van der Waals surface area contributed by atoms with Crippen LogP contribution in [-0.2, 0) is 5.54 Å². The molecule has 1 aromatic carbocycles. The molecule has 0 radical (unpaired) electrons. The average Bonchev–Trinajstić information content (AvgIpc) is 2.63. The third-order valence-electron chi connectivity index (χ3n) is 4.55. The molecule has 28 heavy (non-hydrogen) atoms. The summed E-state index contributed by atoms with van der Waals surface area (Å²) in [6, 6.07) is 7.07. The highest BCUT2D eigenvalue weighted by atomic mass is 35.5. The van der Waals surface area contributed by atoms with Crippen molar-refractivity contribution in [3.05, 3.63) is 68.8 Å². The van der Waals surface area contributed by atoms with Crippen molar-refractivity contribution >= 4 is 56.4 Å². The summed E-state index contributed by atoms with van der Waals surface area (Å²) in [6.07, 6.45) is 4.82. The number of nitrogens with one attached hydrogen (secondary N) is 2. The molecule has 0 spiro atoms. The van der Waals surface area contributed by atoms with Gasteiger partial charge in [0, 0.05) is 34.9 Å². The average molecular weight is 414 g/mol. The quantitative estimate of drug-likeness (QED) is 0.422. The highest BCUT2D eigenvalue weighted by molar-refractivity contribution is 6.39. The van der Waals surface area contributed by atoms with E-state index in [1.54, 1.807) is 42.9 Å². The Morgan fingerprint density at radius 3 is 2.54 bits per heavy atom. The minimum atomic E-state index is -0.583. The van der Waals surface area contributed by atoms with Crippen molar-refractivity contribution in [1.82, 2.24) is 15.0 Å². The molecule has 0 bridgehead atoms. The van der Waals surface area contributed by atoms with E-state index in [0.29, 0.717) is 43.2 Å². The molecule has 142 valence electrons. The molecule has 0 aliphatic carbocycles. The lowest BCUT2D eigenvalue weighted by Crippen LogP contribution is -2.28. The van der Waals surface area contributed by atoms with Crippen LogP contribution < -0.4 is 16.6 Å². The fraction of sp³-hybridized carbons (Fsp3) is 0.150. The van der Waals surface area contributed by atoms with Crippen LogP contribution in [0.2, 0.25) is 10.0 Å². The summed E-state index contributed by atoms with van der Waals surface area (Å²) < 4.78 is 0. The molecule has 3 aromatic heterocycles. The maximum atomic E-state index is 12.5. The standard InChI is InChI=1S/C20H17Cl2N5O/c1-20(2,23)10-7-13(21)17(14(22)8-10)27-18-11-3-6-25-19(28)16(11)12-9-24-5-4-15(12)26-18/h3-9H,23H2,1-2H3,(H,25,28)(H,26,27). The Morgan fingerprint density at radius 2 is 1.86 bits per heavy atom. The number of aromatic nitrogens is 3. The second-order valence-electron chi connectivity index (χ2n) is 7.11. The zero-order valence-electron chi connectivity index (χ0n) is 15.2. The van der Waals surface area contributed by atoms with E-state index < -0.39 is 5.54 Å². The first-order valence-corrected chi connectivity index (χ1v) is 9.32. The SMILES string of the molecule is CC(C)(N)c1cc(Cl)c(Nc2nc3ccncc3c3c(=O)[nH]ccc23)c(Cl)c1. The Labute approximate surface area is 170 Å². The third kappa shape index (κ3) is 3.20. The summed E-state index contributed by atoms with van der Waals surface area (Å²) in [5.74, 6) is 0.475. The maximum absolute atomic E-state index is 12.5. The van der Waals surface area contributed by atoms with Gasteiger partial charge in [0.1, 0.15) is 5.82 Å². The van der Waals surface area contributed by atoms with E-state index in [9.17, 15) is 4.79 Å². The van der Waals surface area contributed by atoms with Gasteiger partial charge in [0.15, 0.2) is 0 Å². The second kappa shape index (κ2) is 6.74. The number of fused-ring (bicyclic) bond motifs is 3. The van der Waals surface area contributed by atoms with Gasteiger partial charge < -0.3 is 16.0 Å². The molecule has 4 aromatic rings. The highest BCUT2D eigenvalue weighted by Crippen LogP contribution is 2.38. The summed E-state index contributed by atoms with van der Waals surface area (Å²) >= 11 is 13.0. The van der Waals surface area contributed by atoms with Crippen LogP contribution in [0.3, 0.4) is 0 Å². The van der Waals surface area contributed by atoms with Gasteiger partial charge in [0.25, 0.3) is 5.56 Å². The van der Waals surface area contributed by atoms with Crippen molar-refractivity contribution in [2.24, 2.45) is 5.73 Å². The predicted octanol–water partition coefficient (Wildman–Crippen LogP) is 4.72. The fourth-order valence-electron chi connectivity index (χ4n) is 3.08. The molecule has 0 amide bonds. The van der Waals surface area contributed by atoms with Crippen LogP contribution in [0.5, 0.6) is 0 Å². The normalized spacial score (nSPS) is 11.9. The van der Waals surface area contributed by atoms with Crippen molar-refractivity contribution in [2.45, 2.75) is 19.4 Å². The molecule has 0 aliphatic heterocycles. The van der Waals surface area contributed by atoms with Crippen molar-refractivity contribution in [3.63, 3.8) is 0 Å². The number of nitrogens with zero attached hydrogens (tertiary/aromatic N) is 2. The lowest BCUT2D eigenvalue weighted by molar-refractivity contribution is 0.554. The summed E-state index contributed by atoms with van der Waals surface area (Å²) in [5, 5.41) is 5.82. The number of hydrogen-bond acceptors (Lipinski definition) is 5. The number of halogens is 2. The fourth-order valence-corrected chi connectivity index (χ4v) is 3.66. The molecule has 0 aliphatic rings. The first-order valence-electron chi connectivity index (χ1n) is 8.56. The molecule has 4 N–H and O–H groups in total. The number of benzene rings is 1. The van der Waals surface area contributed by atoms with Gasteiger partial charge in [0.2, 0.25) is 0 Å². The lowest BCUT2D eigenvalue weighted by atomic mass is 9.95. The highest BCUT2D eigenvalue weighted by Gasteiger charge is 2.19. The number of rotatable bonds is 3. The van der Waals surface area contributed by atoms with Gasteiger partial charge in [-0.2, -0.15) is 0 Å². The zero-order chi connectivity index (χ0) is 20.1. The molecular formula is C20H17Cl2N5O. The largest absolute Gasteiger partial charge is 0.337 e. The maximum Gasteiger partial charge on any atom is 0.256 e. The van der Waals surface area contributed by atoms with Gasteiger partial charge in [-0.3, -0.25) is 9.78 Å². The molecule has 0 saturated heterocycles. The van der Waals surface area contributed by atoms with Crippen molar-refractivity contribution in [3.8, 4) is 0 Å². The first kappa shape index (κ1) is 18.7. The van der Waals surface area contributed by atoms with E-state index in [0.717, 1.165) is 5.56 Å². The first-order chi connectivity index (χ1) is 13.3.